The molecule has 1 N–H and O–H groups in total. The zero-order chi connectivity index (χ0) is 30.9. The van der Waals surface area contributed by atoms with E-state index in [-0.39, 0.29) is 37.4 Å². The van der Waals surface area contributed by atoms with Gasteiger partial charge in [0.05, 0.1) is 6.61 Å². The number of carbonyl (C=O) groups excluding carboxylic acids is 3. The molecule has 0 bridgehead atoms. The van der Waals surface area contributed by atoms with Gasteiger partial charge in [-0.3, -0.25) is 14.4 Å². The number of carbonyl (C=O) groups is 3. The predicted molar refractivity (Wildman–Crippen MR) is 173 cm³/mol. The van der Waals surface area contributed by atoms with Crippen molar-refractivity contribution in [1.82, 2.24) is 0 Å². The van der Waals surface area contributed by atoms with Gasteiger partial charge in [-0.2, -0.15) is 0 Å². The molecule has 0 saturated carbocycles. The molecular formula is C36H64O6. The third kappa shape index (κ3) is 29.5. The standard InChI is InChI=1S/C36H64O6/c1-3-5-7-9-11-12-13-14-15-17-21-25-29-35(39)41-32-34(31-37)42-36(40)30-26-22-18-20-24-28-33(38)27-23-19-16-10-8-6-4-2/h16,19,23,27,34,37H,3-15,17-18,20-22,24-26,28-32H2,1-2H3/b19-16-,27-23+/t34-/m0/s1. The molecule has 6 nitrogen and oxygen atoms in total. The van der Waals surface area contributed by atoms with E-state index in [1.807, 2.05) is 12.2 Å². The minimum absolute atomic E-state index is 0.101. The normalized spacial score (nSPS) is 12.3. The zero-order valence-electron chi connectivity index (χ0n) is 27.3. The second-order valence-electron chi connectivity index (χ2n) is 11.6. The number of esters is 2. The van der Waals surface area contributed by atoms with Crippen LogP contribution in [0.15, 0.2) is 24.3 Å². The summed E-state index contributed by atoms with van der Waals surface area (Å²) in [5.74, 6) is -0.528. The van der Waals surface area contributed by atoms with E-state index >= 15 is 0 Å². The lowest BCUT2D eigenvalue weighted by molar-refractivity contribution is -0.161. The van der Waals surface area contributed by atoms with Crippen LogP contribution in [0, 0.1) is 0 Å². The maximum absolute atomic E-state index is 12.1. The summed E-state index contributed by atoms with van der Waals surface area (Å²) in [6.45, 7) is 3.97. The number of unbranched alkanes of at least 4 members (excludes halogenated alkanes) is 18. The van der Waals surface area contributed by atoms with E-state index in [1.54, 1.807) is 6.08 Å². The van der Waals surface area contributed by atoms with E-state index in [4.69, 9.17) is 9.47 Å². The third-order valence-electron chi connectivity index (χ3n) is 7.47. The molecule has 244 valence electrons. The van der Waals surface area contributed by atoms with Gasteiger partial charge in [-0.15, -0.1) is 0 Å². The minimum atomic E-state index is -0.811. The van der Waals surface area contributed by atoms with Crippen molar-refractivity contribution >= 4 is 17.7 Å². The number of allylic oxidation sites excluding steroid dienone is 4. The Kier molecular flexibility index (Phi) is 30.5. The molecule has 0 aromatic rings. The van der Waals surface area contributed by atoms with Crippen LogP contribution in [0.1, 0.15) is 168 Å². The van der Waals surface area contributed by atoms with Crippen molar-refractivity contribution in [2.75, 3.05) is 13.2 Å². The second kappa shape index (κ2) is 32.0. The highest BCUT2D eigenvalue weighted by molar-refractivity contribution is 5.89. The monoisotopic (exact) mass is 592 g/mol. The van der Waals surface area contributed by atoms with Crippen LogP contribution in [0.4, 0.5) is 0 Å². The summed E-state index contributed by atoms with van der Waals surface area (Å²) in [6, 6.07) is 0. The molecule has 0 aromatic carbocycles. The first-order valence-electron chi connectivity index (χ1n) is 17.3. The van der Waals surface area contributed by atoms with Gasteiger partial charge < -0.3 is 14.6 Å². The van der Waals surface area contributed by atoms with Gasteiger partial charge in [0.25, 0.3) is 0 Å². The van der Waals surface area contributed by atoms with Crippen LogP contribution in [-0.2, 0) is 23.9 Å². The largest absolute Gasteiger partial charge is 0.462 e. The Hall–Kier alpha value is -1.95. The molecule has 6 heteroatoms. The summed E-state index contributed by atoms with van der Waals surface area (Å²) < 4.78 is 10.5. The summed E-state index contributed by atoms with van der Waals surface area (Å²) in [5, 5.41) is 9.50. The van der Waals surface area contributed by atoms with Gasteiger partial charge in [0.15, 0.2) is 11.9 Å². The molecule has 0 unspecified atom stereocenters. The molecule has 0 radical (unpaired) electrons. The molecule has 0 aliphatic carbocycles. The SMILES string of the molecule is CCCCC/C=C\C=C\C(=O)CCCCCCCC(=O)O[C@@H](CO)COC(=O)CCCCCCCCCCCCCC. The van der Waals surface area contributed by atoms with Crippen LogP contribution < -0.4 is 0 Å². The Morgan fingerprint density at radius 2 is 1.07 bits per heavy atom. The van der Waals surface area contributed by atoms with Crippen LogP contribution in [0.25, 0.3) is 0 Å². The van der Waals surface area contributed by atoms with Crippen molar-refractivity contribution in [2.45, 2.75) is 174 Å². The summed E-state index contributed by atoms with van der Waals surface area (Å²) in [5.41, 5.74) is 0. The molecule has 0 fully saturated rings. The third-order valence-corrected chi connectivity index (χ3v) is 7.47. The molecule has 42 heavy (non-hydrogen) atoms. The van der Waals surface area contributed by atoms with Crippen molar-refractivity contribution < 1.29 is 29.0 Å². The number of aliphatic hydroxyl groups is 1. The second-order valence-corrected chi connectivity index (χ2v) is 11.6. The first kappa shape index (κ1) is 40.1. The van der Waals surface area contributed by atoms with E-state index in [0.717, 1.165) is 51.4 Å². The van der Waals surface area contributed by atoms with Gasteiger partial charge in [0, 0.05) is 19.3 Å². The maximum Gasteiger partial charge on any atom is 0.306 e. The Morgan fingerprint density at radius 3 is 1.62 bits per heavy atom. The van der Waals surface area contributed by atoms with Crippen molar-refractivity contribution in [3.8, 4) is 0 Å². The molecule has 0 aliphatic rings. The molecule has 0 aliphatic heterocycles. The van der Waals surface area contributed by atoms with Crippen molar-refractivity contribution in [1.29, 1.82) is 0 Å². The lowest BCUT2D eigenvalue weighted by Gasteiger charge is -2.15. The van der Waals surface area contributed by atoms with Crippen molar-refractivity contribution in [2.24, 2.45) is 0 Å². The number of hydrogen-bond acceptors (Lipinski definition) is 6. The number of ether oxygens (including phenoxy) is 2. The van der Waals surface area contributed by atoms with E-state index in [2.05, 4.69) is 19.9 Å². The summed E-state index contributed by atoms with van der Waals surface area (Å²) in [7, 11) is 0. The van der Waals surface area contributed by atoms with Crippen molar-refractivity contribution in [3.05, 3.63) is 24.3 Å². The van der Waals surface area contributed by atoms with Gasteiger partial charge in [0.2, 0.25) is 0 Å². The maximum atomic E-state index is 12.1. The summed E-state index contributed by atoms with van der Waals surface area (Å²) >= 11 is 0. The Labute approximate surface area is 258 Å². The highest BCUT2D eigenvalue weighted by Gasteiger charge is 2.16. The topological polar surface area (TPSA) is 89.9 Å². The zero-order valence-corrected chi connectivity index (χ0v) is 27.3. The highest BCUT2D eigenvalue weighted by Crippen LogP contribution is 2.13. The van der Waals surface area contributed by atoms with E-state index in [1.165, 1.54) is 77.0 Å². The van der Waals surface area contributed by atoms with Crippen LogP contribution in [0.5, 0.6) is 0 Å². The molecular weight excluding hydrogens is 528 g/mol. The van der Waals surface area contributed by atoms with Crippen LogP contribution in [0.2, 0.25) is 0 Å². The first-order chi connectivity index (χ1) is 20.5. The molecule has 0 heterocycles. The first-order valence-corrected chi connectivity index (χ1v) is 17.3. The molecule has 0 aromatic heterocycles. The average Bonchev–Trinajstić information content (AvgIpc) is 2.98. The lowest BCUT2D eigenvalue weighted by atomic mass is 10.0. The average molecular weight is 593 g/mol. The molecule has 0 rings (SSSR count). The van der Waals surface area contributed by atoms with Crippen LogP contribution in [0.3, 0.4) is 0 Å². The van der Waals surface area contributed by atoms with Crippen LogP contribution in [-0.4, -0.2) is 42.1 Å². The highest BCUT2D eigenvalue weighted by atomic mass is 16.6. The van der Waals surface area contributed by atoms with Gasteiger partial charge >= 0.3 is 11.9 Å². The van der Waals surface area contributed by atoms with E-state index in [0.29, 0.717) is 19.3 Å². The molecule has 0 saturated heterocycles. The smallest absolute Gasteiger partial charge is 0.306 e. The minimum Gasteiger partial charge on any atom is -0.462 e. The molecule has 1 atom stereocenters. The van der Waals surface area contributed by atoms with Gasteiger partial charge in [0.1, 0.15) is 6.61 Å². The molecule has 0 amide bonds. The van der Waals surface area contributed by atoms with E-state index < -0.39 is 6.10 Å². The van der Waals surface area contributed by atoms with Gasteiger partial charge in [-0.05, 0) is 38.2 Å². The van der Waals surface area contributed by atoms with Gasteiger partial charge in [-0.25, -0.2) is 0 Å². The Balaban J connectivity index is 3.68. The van der Waals surface area contributed by atoms with Gasteiger partial charge in [-0.1, -0.05) is 135 Å². The van der Waals surface area contributed by atoms with Crippen molar-refractivity contribution in [3.63, 3.8) is 0 Å². The fourth-order valence-electron chi connectivity index (χ4n) is 4.77. The molecule has 0 spiro atoms. The predicted octanol–water partition coefficient (Wildman–Crippen LogP) is 9.52. The number of rotatable bonds is 31. The number of aliphatic hydroxyl groups excluding tert-OH is 1. The number of ketones is 1. The van der Waals surface area contributed by atoms with Crippen LogP contribution >= 0.6 is 0 Å². The number of hydrogen-bond donors (Lipinski definition) is 1. The Bertz CT molecular complexity index is 699. The van der Waals surface area contributed by atoms with E-state index in [9.17, 15) is 19.5 Å². The quantitative estimate of drug-likeness (QED) is 0.0373. The lowest BCUT2D eigenvalue weighted by Crippen LogP contribution is -2.28. The fourth-order valence-corrected chi connectivity index (χ4v) is 4.77. The Morgan fingerprint density at radius 1 is 0.595 bits per heavy atom. The summed E-state index contributed by atoms with van der Waals surface area (Å²) in [6.07, 6.45) is 31.9. The fraction of sp³-hybridized carbons (Fsp3) is 0.806. The summed E-state index contributed by atoms with van der Waals surface area (Å²) in [4.78, 5) is 36.0.